The van der Waals surface area contributed by atoms with Gasteiger partial charge in [-0.1, -0.05) is 76.7 Å². The van der Waals surface area contributed by atoms with E-state index in [-0.39, 0.29) is 6.10 Å². The molecule has 1 atom stereocenters. The zero-order chi connectivity index (χ0) is 12.8. The van der Waals surface area contributed by atoms with E-state index in [0.717, 1.165) is 19.3 Å². The minimum Gasteiger partial charge on any atom is -0.389 e. The monoisotopic (exact) mass is 238 g/mol. The fraction of sp³-hybridized carbons (Fsp3) is 0.750. The third-order valence-corrected chi connectivity index (χ3v) is 2.91. The quantitative estimate of drug-likeness (QED) is 0.396. The van der Waals surface area contributed by atoms with E-state index in [9.17, 15) is 5.11 Å². The number of hydrogen-bond acceptors (Lipinski definition) is 1. The minimum absolute atomic E-state index is 0.258. The Bertz CT molecular complexity index is 194. The lowest BCUT2D eigenvalue weighted by Crippen LogP contribution is -2.00. The lowest BCUT2D eigenvalue weighted by molar-refractivity contribution is 0.208. The molecular weight excluding hydrogens is 208 g/mol. The smallest absolute Gasteiger partial charge is 0.0723 e. The number of rotatable bonds is 11. The van der Waals surface area contributed by atoms with Gasteiger partial charge in [0.15, 0.2) is 0 Å². The van der Waals surface area contributed by atoms with Crippen molar-refractivity contribution in [2.45, 2.75) is 77.7 Å². The molecule has 1 heteroatoms. The summed E-state index contributed by atoms with van der Waals surface area (Å²) in [6.07, 6.45) is 18.8. The molecule has 0 fully saturated rings. The van der Waals surface area contributed by atoms with Crippen LogP contribution in [0.1, 0.15) is 71.6 Å². The molecule has 0 amide bonds. The summed E-state index contributed by atoms with van der Waals surface area (Å²) in [6.45, 7) is 4.42. The first-order valence-electron chi connectivity index (χ1n) is 7.32. The van der Waals surface area contributed by atoms with E-state index in [0.29, 0.717) is 0 Å². The Kier molecular flexibility index (Phi) is 13.1. The molecule has 0 radical (unpaired) electrons. The van der Waals surface area contributed by atoms with Crippen molar-refractivity contribution in [2.24, 2.45) is 0 Å². The molecule has 0 saturated carbocycles. The Morgan fingerprint density at radius 1 is 0.882 bits per heavy atom. The maximum Gasteiger partial charge on any atom is 0.0723 e. The van der Waals surface area contributed by atoms with Crippen LogP contribution < -0.4 is 0 Å². The molecule has 0 unspecified atom stereocenters. The number of unbranched alkanes of at least 4 members (excludes halogenated alkanes) is 6. The second kappa shape index (κ2) is 13.5. The maximum absolute atomic E-state index is 9.63. The number of hydrogen-bond donors (Lipinski definition) is 1. The molecule has 0 aromatic rings. The van der Waals surface area contributed by atoms with Crippen molar-refractivity contribution in [2.75, 3.05) is 0 Å². The SMILES string of the molecule is CCCCCC/C=C\C=C\[C@H](O)CCCCC. The molecule has 17 heavy (non-hydrogen) atoms. The Morgan fingerprint density at radius 2 is 1.59 bits per heavy atom. The summed E-state index contributed by atoms with van der Waals surface area (Å²) >= 11 is 0. The van der Waals surface area contributed by atoms with E-state index in [1.807, 2.05) is 12.2 Å². The van der Waals surface area contributed by atoms with Crippen molar-refractivity contribution in [3.63, 3.8) is 0 Å². The molecule has 0 aromatic carbocycles. The van der Waals surface area contributed by atoms with E-state index >= 15 is 0 Å². The zero-order valence-corrected chi connectivity index (χ0v) is 11.7. The highest BCUT2D eigenvalue weighted by molar-refractivity contribution is 5.04. The van der Waals surface area contributed by atoms with Gasteiger partial charge < -0.3 is 5.11 Å². The van der Waals surface area contributed by atoms with Gasteiger partial charge >= 0.3 is 0 Å². The molecular formula is C16H30O. The minimum atomic E-state index is -0.258. The summed E-state index contributed by atoms with van der Waals surface area (Å²) in [7, 11) is 0. The van der Waals surface area contributed by atoms with Crippen molar-refractivity contribution >= 4 is 0 Å². The van der Waals surface area contributed by atoms with Crippen molar-refractivity contribution < 1.29 is 5.11 Å². The summed E-state index contributed by atoms with van der Waals surface area (Å²) in [5, 5.41) is 9.63. The van der Waals surface area contributed by atoms with Crippen molar-refractivity contribution in [1.82, 2.24) is 0 Å². The fourth-order valence-electron chi connectivity index (χ4n) is 1.76. The molecule has 0 saturated heterocycles. The molecule has 100 valence electrons. The standard InChI is InChI=1S/C16H30O/c1-3-5-7-8-9-10-11-13-15-16(17)14-12-6-4-2/h10-11,13,15-17H,3-9,12,14H2,1-2H3/b11-10-,15-13+/t16-/m1/s1. The predicted octanol–water partition coefficient (Wildman–Crippen LogP) is 5.01. The van der Waals surface area contributed by atoms with Gasteiger partial charge in [-0.3, -0.25) is 0 Å². The Labute approximate surface area is 108 Å². The van der Waals surface area contributed by atoms with Crippen molar-refractivity contribution in [1.29, 1.82) is 0 Å². The van der Waals surface area contributed by atoms with Crippen molar-refractivity contribution in [3.8, 4) is 0 Å². The van der Waals surface area contributed by atoms with Crippen molar-refractivity contribution in [3.05, 3.63) is 24.3 Å². The van der Waals surface area contributed by atoms with Crippen LogP contribution in [0.4, 0.5) is 0 Å². The molecule has 0 bridgehead atoms. The predicted molar refractivity (Wildman–Crippen MR) is 77.2 cm³/mol. The molecule has 1 N–H and O–H groups in total. The number of aliphatic hydroxyl groups is 1. The highest BCUT2D eigenvalue weighted by Gasteiger charge is 1.96. The largest absolute Gasteiger partial charge is 0.389 e. The summed E-state index contributed by atoms with van der Waals surface area (Å²) in [4.78, 5) is 0. The zero-order valence-electron chi connectivity index (χ0n) is 11.7. The highest BCUT2D eigenvalue weighted by Crippen LogP contribution is 2.05. The molecule has 1 nitrogen and oxygen atoms in total. The number of aliphatic hydroxyl groups excluding tert-OH is 1. The normalized spacial score (nSPS) is 13.8. The van der Waals surface area contributed by atoms with Crippen LogP contribution in [0, 0.1) is 0 Å². The Hall–Kier alpha value is -0.560. The van der Waals surface area contributed by atoms with Crippen LogP contribution in [0.15, 0.2) is 24.3 Å². The van der Waals surface area contributed by atoms with E-state index in [1.165, 1.54) is 38.5 Å². The molecule has 0 spiro atoms. The van der Waals surface area contributed by atoms with Gasteiger partial charge in [-0.05, 0) is 19.3 Å². The third kappa shape index (κ3) is 13.4. The van der Waals surface area contributed by atoms with E-state index < -0.39 is 0 Å². The van der Waals surface area contributed by atoms with Gasteiger partial charge in [0, 0.05) is 0 Å². The van der Waals surface area contributed by atoms with Gasteiger partial charge in [0.2, 0.25) is 0 Å². The molecule has 0 aromatic heterocycles. The van der Waals surface area contributed by atoms with Crippen LogP contribution in [0.2, 0.25) is 0 Å². The average molecular weight is 238 g/mol. The first kappa shape index (κ1) is 16.4. The lowest BCUT2D eigenvalue weighted by atomic mass is 10.1. The van der Waals surface area contributed by atoms with Gasteiger partial charge in [0.25, 0.3) is 0 Å². The van der Waals surface area contributed by atoms with Crippen LogP contribution in [0.3, 0.4) is 0 Å². The highest BCUT2D eigenvalue weighted by atomic mass is 16.3. The summed E-state index contributed by atoms with van der Waals surface area (Å²) in [6, 6.07) is 0. The van der Waals surface area contributed by atoms with Crippen LogP contribution in [0.25, 0.3) is 0 Å². The fourth-order valence-corrected chi connectivity index (χ4v) is 1.76. The lowest BCUT2D eigenvalue weighted by Gasteiger charge is -2.03. The van der Waals surface area contributed by atoms with E-state index in [4.69, 9.17) is 0 Å². The van der Waals surface area contributed by atoms with E-state index in [2.05, 4.69) is 26.0 Å². The topological polar surface area (TPSA) is 20.2 Å². The second-order valence-corrected chi connectivity index (χ2v) is 4.73. The molecule has 0 heterocycles. The second-order valence-electron chi connectivity index (χ2n) is 4.73. The van der Waals surface area contributed by atoms with Crippen LogP contribution in [-0.4, -0.2) is 11.2 Å². The summed E-state index contributed by atoms with van der Waals surface area (Å²) < 4.78 is 0. The maximum atomic E-state index is 9.63. The average Bonchev–Trinajstić information content (AvgIpc) is 2.33. The van der Waals surface area contributed by atoms with Crippen LogP contribution in [0.5, 0.6) is 0 Å². The molecule has 0 aliphatic carbocycles. The van der Waals surface area contributed by atoms with Gasteiger partial charge in [-0.25, -0.2) is 0 Å². The summed E-state index contributed by atoms with van der Waals surface area (Å²) in [5.74, 6) is 0. The van der Waals surface area contributed by atoms with Gasteiger partial charge in [0.1, 0.15) is 0 Å². The Morgan fingerprint density at radius 3 is 2.29 bits per heavy atom. The van der Waals surface area contributed by atoms with Gasteiger partial charge in [-0.2, -0.15) is 0 Å². The molecule has 0 rings (SSSR count). The van der Waals surface area contributed by atoms with Crippen LogP contribution >= 0.6 is 0 Å². The van der Waals surface area contributed by atoms with Gasteiger partial charge in [-0.15, -0.1) is 0 Å². The third-order valence-electron chi connectivity index (χ3n) is 2.91. The van der Waals surface area contributed by atoms with Crippen LogP contribution in [-0.2, 0) is 0 Å². The molecule has 0 aliphatic heterocycles. The Balaban J connectivity index is 3.40. The first-order valence-corrected chi connectivity index (χ1v) is 7.32. The number of allylic oxidation sites excluding steroid dienone is 3. The van der Waals surface area contributed by atoms with E-state index in [1.54, 1.807) is 0 Å². The first-order chi connectivity index (χ1) is 8.31. The van der Waals surface area contributed by atoms with Gasteiger partial charge in [0.05, 0.1) is 6.10 Å². The summed E-state index contributed by atoms with van der Waals surface area (Å²) in [5.41, 5.74) is 0. The molecule has 0 aliphatic rings.